The van der Waals surface area contributed by atoms with Gasteiger partial charge in [-0.1, -0.05) is 6.07 Å². The Morgan fingerprint density at radius 3 is 2.94 bits per heavy atom. The van der Waals surface area contributed by atoms with Crippen molar-refractivity contribution in [2.45, 2.75) is 31.8 Å². The predicted molar refractivity (Wildman–Crippen MR) is 74.2 cm³/mol. The Hall–Kier alpha value is -0.910. The second-order valence-corrected chi connectivity index (χ2v) is 6.04. The van der Waals surface area contributed by atoms with Gasteiger partial charge in [0.25, 0.3) is 0 Å². The molecular weight excluding hydrogens is 246 g/mol. The summed E-state index contributed by atoms with van der Waals surface area (Å²) in [5.74, 6) is -0.214. The van der Waals surface area contributed by atoms with Gasteiger partial charge in [0.1, 0.15) is 0 Å². The molecule has 1 fully saturated rings. The van der Waals surface area contributed by atoms with Gasteiger partial charge in [-0.15, -0.1) is 11.3 Å². The molecular formula is C13H21N3OS. The fourth-order valence-corrected chi connectivity index (χ4v) is 3.70. The number of rotatable bonds is 4. The van der Waals surface area contributed by atoms with Gasteiger partial charge in [-0.2, -0.15) is 0 Å². The van der Waals surface area contributed by atoms with Crippen molar-refractivity contribution in [2.24, 2.45) is 17.4 Å². The molecule has 100 valence electrons. The maximum absolute atomic E-state index is 11.3. The lowest BCUT2D eigenvalue weighted by Crippen LogP contribution is -2.47. The number of primary amides is 1. The molecule has 2 heterocycles. The first-order valence-electron chi connectivity index (χ1n) is 6.42. The van der Waals surface area contributed by atoms with Gasteiger partial charge >= 0.3 is 0 Å². The van der Waals surface area contributed by atoms with Crippen LogP contribution in [0.15, 0.2) is 17.5 Å². The summed E-state index contributed by atoms with van der Waals surface area (Å²) in [7, 11) is 0. The lowest BCUT2D eigenvalue weighted by molar-refractivity contribution is -0.123. The highest BCUT2D eigenvalue weighted by atomic mass is 32.1. The molecule has 0 bridgehead atoms. The Bertz CT molecular complexity index is 391. The van der Waals surface area contributed by atoms with Crippen molar-refractivity contribution >= 4 is 17.2 Å². The van der Waals surface area contributed by atoms with Gasteiger partial charge in [-0.3, -0.25) is 9.69 Å². The minimum absolute atomic E-state index is 0.0278. The van der Waals surface area contributed by atoms with Crippen LogP contribution in [0.5, 0.6) is 0 Å². The van der Waals surface area contributed by atoms with Gasteiger partial charge in [0.2, 0.25) is 5.91 Å². The van der Waals surface area contributed by atoms with Crippen LogP contribution in [-0.2, 0) is 4.79 Å². The van der Waals surface area contributed by atoms with Crippen LogP contribution in [0, 0.1) is 5.92 Å². The van der Waals surface area contributed by atoms with Gasteiger partial charge in [-0.05, 0) is 37.8 Å². The zero-order valence-electron chi connectivity index (χ0n) is 10.7. The Morgan fingerprint density at radius 2 is 2.39 bits per heavy atom. The number of amides is 1. The van der Waals surface area contributed by atoms with Gasteiger partial charge < -0.3 is 11.5 Å². The summed E-state index contributed by atoms with van der Waals surface area (Å²) >= 11 is 1.72. The largest absolute Gasteiger partial charge is 0.369 e. The van der Waals surface area contributed by atoms with E-state index in [0.29, 0.717) is 0 Å². The number of thiophene rings is 1. The van der Waals surface area contributed by atoms with E-state index in [0.717, 1.165) is 25.9 Å². The van der Waals surface area contributed by atoms with E-state index in [1.807, 2.05) is 13.0 Å². The Kier molecular flexibility index (Phi) is 4.37. The highest BCUT2D eigenvalue weighted by molar-refractivity contribution is 7.10. The van der Waals surface area contributed by atoms with Crippen LogP contribution >= 0.6 is 11.3 Å². The number of piperidine rings is 1. The molecule has 1 aromatic heterocycles. The van der Waals surface area contributed by atoms with Crippen LogP contribution in [0.2, 0.25) is 0 Å². The topological polar surface area (TPSA) is 72.3 Å². The molecule has 1 aliphatic rings. The lowest BCUT2D eigenvalue weighted by Gasteiger charge is -2.38. The number of nitrogens with zero attached hydrogens (tertiary/aromatic N) is 1. The van der Waals surface area contributed by atoms with Crippen molar-refractivity contribution in [3.8, 4) is 0 Å². The fourth-order valence-electron chi connectivity index (χ4n) is 2.72. The molecule has 2 rings (SSSR count). The van der Waals surface area contributed by atoms with Crippen LogP contribution in [0.25, 0.3) is 0 Å². The molecule has 0 aromatic carbocycles. The summed E-state index contributed by atoms with van der Waals surface area (Å²) < 4.78 is 0. The lowest BCUT2D eigenvalue weighted by atomic mass is 9.94. The average Bonchev–Trinajstić information content (AvgIpc) is 2.82. The fraction of sp³-hybridized carbons (Fsp3) is 0.615. The smallest absolute Gasteiger partial charge is 0.221 e. The van der Waals surface area contributed by atoms with Crippen molar-refractivity contribution in [1.29, 1.82) is 0 Å². The van der Waals surface area contributed by atoms with E-state index in [-0.39, 0.29) is 23.9 Å². The first-order valence-corrected chi connectivity index (χ1v) is 7.30. The molecule has 4 nitrogen and oxygen atoms in total. The van der Waals surface area contributed by atoms with Crippen molar-refractivity contribution in [1.82, 2.24) is 4.90 Å². The molecule has 5 heteroatoms. The number of carbonyl (C=O) groups excluding carboxylic acids is 1. The Balaban J connectivity index is 2.14. The van der Waals surface area contributed by atoms with Crippen LogP contribution in [0.1, 0.15) is 30.7 Å². The summed E-state index contributed by atoms with van der Waals surface area (Å²) in [5, 5.41) is 2.07. The SMILES string of the molecule is CC(N)C(c1cccs1)N1CCCC(C(N)=O)C1. The van der Waals surface area contributed by atoms with Gasteiger partial charge in [0.05, 0.1) is 12.0 Å². The third-order valence-corrected chi connectivity index (χ3v) is 4.52. The molecule has 4 N–H and O–H groups in total. The van der Waals surface area contributed by atoms with Crippen LogP contribution in [-0.4, -0.2) is 29.9 Å². The van der Waals surface area contributed by atoms with E-state index in [9.17, 15) is 4.79 Å². The van der Waals surface area contributed by atoms with E-state index in [2.05, 4.69) is 16.3 Å². The average molecular weight is 267 g/mol. The van der Waals surface area contributed by atoms with Gasteiger partial charge in [-0.25, -0.2) is 0 Å². The van der Waals surface area contributed by atoms with Crippen molar-refractivity contribution in [2.75, 3.05) is 13.1 Å². The van der Waals surface area contributed by atoms with Crippen LogP contribution < -0.4 is 11.5 Å². The van der Waals surface area contributed by atoms with E-state index in [4.69, 9.17) is 11.5 Å². The Labute approximate surface area is 112 Å². The van der Waals surface area contributed by atoms with Crippen molar-refractivity contribution in [3.05, 3.63) is 22.4 Å². The molecule has 0 saturated carbocycles. The molecule has 3 unspecified atom stereocenters. The molecule has 1 saturated heterocycles. The monoisotopic (exact) mass is 267 g/mol. The minimum Gasteiger partial charge on any atom is -0.369 e. The summed E-state index contributed by atoms with van der Waals surface area (Å²) in [6.07, 6.45) is 1.92. The van der Waals surface area contributed by atoms with Crippen LogP contribution in [0.4, 0.5) is 0 Å². The van der Waals surface area contributed by atoms with Crippen LogP contribution in [0.3, 0.4) is 0 Å². The number of nitrogens with two attached hydrogens (primary N) is 2. The highest BCUT2D eigenvalue weighted by Gasteiger charge is 2.31. The summed E-state index contributed by atoms with van der Waals surface area (Å²) in [6, 6.07) is 4.42. The molecule has 18 heavy (non-hydrogen) atoms. The second kappa shape index (κ2) is 5.82. The zero-order valence-corrected chi connectivity index (χ0v) is 11.5. The van der Waals surface area contributed by atoms with Crippen molar-refractivity contribution < 1.29 is 4.79 Å². The molecule has 0 aliphatic carbocycles. The first-order chi connectivity index (χ1) is 8.59. The molecule has 1 amide bonds. The second-order valence-electron chi connectivity index (χ2n) is 5.06. The van der Waals surface area contributed by atoms with E-state index < -0.39 is 0 Å². The predicted octanol–water partition coefficient (Wildman–Crippen LogP) is 1.33. The van der Waals surface area contributed by atoms with Crippen molar-refractivity contribution in [3.63, 3.8) is 0 Å². The Morgan fingerprint density at radius 1 is 1.61 bits per heavy atom. The molecule has 0 radical (unpaired) electrons. The zero-order chi connectivity index (χ0) is 13.1. The first kappa shape index (κ1) is 13.5. The molecule has 0 spiro atoms. The third-order valence-electron chi connectivity index (χ3n) is 3.58. The summed E-state index contributed by atoms with van der Waals surface area (Å²) in [5.41, 5.74) is 11.6. The number of hydrogen-bond acceptors (Lipinski definition) is 4. The van der Waals surface area contributed by atoms with E-state index in [1.54, 1.807) is 11.3 Å². The molecule has 3 atom stereocenters. The molecule has 1 aromatic rings. The normalized spacial score (nSPS) is 24.7. The number of likely N-dealkylation sites (tertiary alicyclic amines) is 1. The number of carbonyl (C=O) groups is 1. The van der Waals surface area contributed by atoms with E-state index in [1.165, 1.54) is 4.88 Å². The summed E-state index contributed by atoms with van der Waals surface area (Å²) in [6.45, 7) is 3.76. The highest BCUT2D eigenvalue weighted by Crippen LogP contribution is 2.31. The maximum atomic E-state index is 11.3. The quantitative estimate of drug-likeness (QED) is 0.864. The molecule has 1 aliphatic heterocycles. The van der Waals surface area contributed by atoms with Gasteiger partial charge in [0.15, 0.2) is 0 Å². The minimum atomic E-state index is -0.186. The third kappa shape index (κ3) is 2.91. The van der Waals surface area contributed by atoms with E-state index >= 15 is 0 Å². The standard InChI is InChI=1S/C13H21N3OS/c1-9(14)12(11-5-3-7-18-11)16-6-2-4-10(8-16)13(15)17/h3,5,7,9-10,12H,2,4,6,8,14H2,1H3,(H2,15,17). The summed E-state index contributed by atoms with van der Waals surface area (Å²) in [4.78, 5) is 14.9. The number of hydrogen-bond donors (Lipinski definition) is 2. The van der Waals surface area contributed by atoms with Gasteiger partial charge in [0, 0.05) is 17.5 Å². The maximum Gasteiger partial charge on any atom is 0.221 e.